The second kappa shape index (κ2) is 5.40. The van der Waals surface area contributed by atoms with Gasteiger partial charge in [-0.05, 0) is 32.1 Å². The van der Waals surface area contributed by atoms with Crippen molar-refractivity contribution in [3.8, 4) is 0 Å². The Morgan fingerprint density at radius 1 is 1.45 bits per heavy atom. The van der Waals surface area contributed by atoms with E-state index in [1.54, 1.807) is 5.57 Å². The van der Waals surface area contributed by atoms with Gasteiger partial charge < -0.3 is 0 Å². The summed E-state index contributed by atoms with van der Waals surface area (Å²) in [6.07, 6.45) is 14.3. The Morgan fingerprint density at radius 3 is 3.00 bits per heavy atom. The molecule has 63 valence electrons. The zero-order chi connectivity index (χ0) is 7.94. The van der Waals surface area contributed by atoms with Gasteiger partial charge in [-0.1, -0.05) is 37.8 Å². The van der Waals surface area contributed by atoms with Gasteiger partial charge in [0, 0.05) is 0 Å². The zero-order valence-corrected chi connectivity index (χ0v) is 7.60. The van der Waals surface area contributed by atoms with Gasteiger partial charge in [0.05, 0.1) is 0 Å². The molecule has 1 aliphatic carbocycles. The highest BCUT2D eigenvalue weighted by molar-refractivity contribution is 5.16. The first kappa shape index (κ1) is 8.83. The van der Waals surface area contributed by atoms with Gasteiger partial charge in [0.25, 0.3) is 0 Å². The van der Waals surface area contributed by atoms with Crippen LogP contribution in [0.15, 0.2) is 11.6 Å². The van der Waals surface area contributed by atoms with E-state index in [1.165, 1.54) is 44.9 Å². The second-order valence-electron chi connectivity index (χ2n) is 3.37. The van der Waals surface area contributed by atoms with E-state index in [9.17, 15) is 0 Å². The molecule has 11 heavy (non-hydrogen) atoms. The molecule has 1 radical (unpaired) electrons. The predicted molar refractivity (Wildman–Crippen MR) is 50.4 cm³/mol. The number of hydrogen-bond acceptors (Lipinski definition) is 0. The molecule has 0 bridgehead atoms. The molecule has 0 fully saturated rings. The molecule has 1 rings (SSSR count). The van der Waals surface area contributed by atoms with E-state index in [0.29, 0.717) is 0 Å². The number of hydrogen-bond donors (Lipinski definition) is 0. The van der Waals surface area contributed by atoms with Crippen molar-refractivity contribution >= 4 is 0 Å². The average Bonchev–Trinajstić information content (AvgIpc) is 2.50. The van der Waals surface area contributed by atoms with Crippen LogP contribution in [0.2, 0.25) is 0 Å². The Morgan fingerprint density at radius 2 is 2.36 bits per heavy atom. The molecule has 0 amide bonds. The zero-order valence-electron chi connectivity index (χ0n) is 7.60. The van der Waals surface area contributed by atoms with E-state index >= 15 is 0 Å². The van der Waals surface area contributed by atoms with E-state index in [4.69, 9.17) is 0 Å². The van der Waals surface area contributed by atoms with Gasteiger partial charge in [0.15, 0.2) is 0 Å². The average molecular weight is 151 g/mol. The number of unbranched alkanes of at least 4 members (excludes halogenated alkanes) is 3. The molecule has 0 spiro atoms. The van der Waals surface area contributed by atoms with Crippen molar-refractivity contribution in [2.45, 2.75) is 51.9 Å². The highest BCUT2D eigenvalue weighted by Crippen LogP contribution is 2.21. The fourth-order valence-electron chi connectivity index (χ4n) is 1.56. The van der Waals surface area contributed by atoms with E-state index in [1.807, 2.05) is 0 Å². The first-order valence-corrected chi connectivity index (χ1v) is 4.95. The molecular weight excluding hydrogens is 132 g/mol. The molecule has 0 atom stereocenters. The van der Waals surface area contributed by atoms with Crippen LogP contribution in [-0.4, -0.2) is 0 Å². The summed E-state index contributed by atoms with van der Waals surface area (Å²) < 4.78 is 0. The molecule has 1 aliphatic rings. The predicted octanol–water partition coefficient (Wildman–Crippen LogP) is 3.88. The Balaban J connectivity index is 1.94. The molecule has 0 aromatic rings. The Hall–Kier alpha value is -0.260. The van der Waals surface area contributed by atoms with E-state index < -0.39 is 0 Å². The van der Waals surface area contributed by atoms with Gasteiger partial charge in [0.2, 0.25) is 0 Å². The van der Waals surface area contributed by atoms with Crippen molar-refractivity contribution in [3.05, 3.63) is 18.1 Å². The topological polar surface area (TPSA) is 0 Å². The van der Waals surface area contributed by atoms with Gasteiger partial charge in [-0.25, -0.2) is 0 Å². The minimum Gasteiger partial charge on any atom is -0.0850 e. The highest BCUT2D eigenvalue weighted by Gasteiger charge is 2.03. The summed E-state index contributed by atoms with van der Waals surface area (Å²) in [5.41, 5.74) is 1.61. The van der Waals surface area contributed by atoms with Crippen LogP contribution in [0.4, 0.5) is 0 Å². The summed E-state index contributed by atoms with van der Waals surface area (Å²) >= 11 is 0. The first-order chi connectivity index (χ1) is 5.43. The summed E-state index contributed by atoms with van der Waals surface area (Å²) in [4.78, 5) is 0. The Bertz CT molecular complexity index is 122. The fourth-order valence-corrected chi connectivity index (χ4v) is 1.56. The van der Waals surface area contributed by atoms with Gasteiger partial charge in [-0.2, -0.15) is 0 Å². The molecule has 0 heterocycles. The van der Waals surface area contributed by atoms with Crippen molar-refractivity contribution in [2.24, 2.45) is 0 Å². The molecule has 0 aromatic carbocycles. The van der Waals surface area contributed by atoms with Crippen LogP contribution in [0.3, 0.4) is 0 Å². The molecular formula is C11H19. The Kier molecular flexibility index (Phi) is 4.33. The van der Waals surface area contributed by atoms with Crippen LogP contribution < -0.4 is 0 Å². The van der Waals surface area contributed by atoms with Crippen LogP contribution in [-0.2, 0) is 0 Å². The largest absolute Gasteiger partial charge is 0.0850 e. The van der Waals surface area contributed by atoms with E-state index in [-0.39, 0.29) is 0 Å². The van der Waals surface area contributed by atoms with Crippen LogP contribution in [0.1, 0.15) is 51.9 Å². The van der Waals surface area contributed by atoms with Crippen molar-refractivity contribution < 1.29 is 0 Å². The minimum absolute atomic E-state index is 1.31. The number of rotatable bonds is 5. The molecule has 0 unspecified atom stereocenters. The van der Waals surface area contributed by atoms with Crippen molar-refractivity contribution in [2.75, 3.05) is 0 Å². The molecule has 0 saturated heterocycles. The maximum atomic E-state index is 2.43. The van der Waals surface area contributed by atoms with E-state index in [0.717, 1.165) is 0 Å². The van der Waals surface area contributed by atoms with Gasteiger partial charge >= 0.3 is 0 Å². The molecule has 0 heteroatoms. The molecule has 0 nitrogen and oxygen atoms in total. The summed E-state index contributed by atoms with van der Waals surface area (Å²) in [5, 5.41) is 0. The SMILES string of the molecule is CCCCC[CH]C1=CCCC1. The summed E-state index contributed by atoms with van der Waals surface area (Å²) in [6, 6.07) is 0. The standard InChI is InChI=1S/C11H19/c1-2-3-4-5-8-11-9-6-7-10-11/h8-9H,2-7,10H2,1H3. The third-order valence-corrected chi connectivity index (χ3v) is 2.29. The van der Waals surface area contributed by atoms with Crippen LogP contribution >= 0.6 is 0 Å². The minimum atomic E-state index is 1.31. The second-order valence-corrected chi connectivity index (χ2v) is 3.37. The monoisotopic (exact) mass is 151 g/mol. The highest BCUT2D eigenvalue weighted by atomic mass is 14.1. The number of allylic oxidation sites excluding steroid dienone is 2. The van der Waals surface area contributed by atoms with Crippen LogP contribution in [0.25, 0.3) is 0 Å². The quantitative estimate of drug-likeness (QED) is 0.523. The maximum Gasteiger partial charge on any atom is -0.0138 e. The molecule has 0 N–H and O–H groups in total. The van der Waals surface area contributed by atoms with Gasteiger partial charge in [-0.15, -0.1) is 0 Å². The van der Waals surface area contributed by atoms with Crippen molar-refractivity contribution in [1.29, 1.82) is 0 Å². The third-order valence-electron chi connectivity index (χ3n) is 2.29. The fraction of sp³-hybridized carbons (Fsp3) is 0.727. The normalized spacial score (nSPS) is 17.0. The summed E-state index contributed by atoms with van der Waals surface area (Å²) in [6.45, 7) is 2.26. The van der Waals surface area contributed by atoms with Crippen molar-refractivity contribution in [1.82, 2.24) is 0 Å². The molecule has 0 aliphatic heterocycles. The lowest BCUT2D eigenvalue weighted by atomic mass is 10.1. The van der Waals surface area contributed by atoms with E-state index in [2.05, 4.69) is 19.4 Å². The smallest absolute Gasteiger partial charge is 0.0138 e. The maximum absolute atomic E-state index is 2.43. The lowest BCUT2D eigenvalue weighted by Gasteiger charge is -1.99. The van der Waals surface area contributed by atoms with Crippen LogP contribution in [0.5, 0.6) is 0 Å². The lowest BCUT2D eigenvalue weighted by Crippen LogP contribution is -1.81. The Labute approximate surface area is 70.7 Å². The van der Waals surface area contributed by atoms with Gasteiger partial charge in [-0.3, -0.25) is 0 Å². The molecule has 0 aromatic heterocycles. The lowest BCUT2D eigenvalue weighted by molar-refractivity contribution is 0.710. The molecule has 0 saturated carbocycles. The summed E-state index contributed by atoms with van der Waals surface area (Å²) in [5.74, 6) is 0. The third kappa shape index (κ3) is 3.60. The van der Waals surface area contributed by atoms with Crippen molar-refractivity contribution in [3.63, 3.8) is 0 Å². The van der Waals surface area contributed by atoms with Crippen LogP contribution in [0, 0.1) is 6.42 Å². The first-order valence-electron chi connectivity index (χ1n) is 4.95. The summed E-state index contributed by atoms with van der Waals surface area (Å²) in [7, 11) is 0. The van der Waals surface area contributed by atoms with Gasteiger partial charge in [0.1, 0.15) is 0 Å².